The lowest BCUT2D eigenvalue weighted by atomic mass is 10.2. The number of H-pyrrole nitrogens is 1. The fourth-order valence-corrected chi connectivity index (χ4v) is 2.78. The summed E-state index contributed by atoms with van der Waals surface area (Å²) in [5.41, 5.74) is 7.09. The van der Waals surface area contributed by atoms with Crippen LogP contribution in [0, 0.1) is 0 Å². The molecule has 5 N–H and O–H groups in total. The maximum Gasteiger partial charge on any atom is 0.278 e. The number of halogens is 2. The highest BCUT2D eigenvalue weighted by Gasteiger charge is 2.10. The summed E-state index contributed by atoms with van der Waals surface area (Å²) in [6.07, 6.45) is 1.55. The van der Waals surface area contributed by atoms with Gasteiger partial charge in [-0.05, 0) is 17.7 Å². The lowest BCUT2D eigenvalue weighted by Crippen LogP contribution is -2.34. The number of aromatic amines is 1. The Morgan fingerprint density at radius 3 is 2.93 bits per heavy atom. The zero-order valence-electron chi connectivity index (χ0n) is 14.5. The Morgan fingerprint density at radius 1 is 1.37 bits per heavy atom. The van der Waals surface area contributed by atoms with Crippen LogP contribution in [0.3, 0.4) is 0 Å². The number of hydrogen-bond acceptors (Lipinski definition) is 5. The molecule has 0 aliphatic heterocycles. The fourth-order valence-electron chi connectivity index (χ4n) is 2.46. The quantitative estimate of drug-likeness (QED) is 0.362. The number of fused-ring (bicyclic) bond motifs is 1. The second-order valence-electron chi connectivity index (χ2n) is 5.65. The number of nitrogens with two attached hydrogens (primary N) is 1. The number of aliphatic imine (C=N–C) groups is 1. The van der Waals surface area contributed by atoms with Gasteiger partial charge >= 0.3 is 0 Å². The zero-order valence-corrected chi connectivity index (χ0v) is 16.0. The van der Waals surface area contributed by atoms with Gasteiger partial charge < -0.3 is 16.4 Å². The molecule has 0 spiro atoms. The highest BCUT2D eigenvalue weighted by molar-refractivity contribution is 6.42. The van der Waals surface area contributed by atoms with Gasteiger partial charge in [-0.3, -0.25) is 19.5 Å². The highest BCUT2D eigenvalue weighted by atomic mass is 35.5. The number of guanidine groups is 1. The molecule has 0 unspecified atom stereocenters. The van der Waals surface area contributed by atoms with E-state index in [0.717, 1.165) is 5.56 Å². The lowest BCUT2D eigenvalue weighted by Gasteiger charge is -2.08. The van der Waals surface area contributed by atoms with Crippen molar-refractivity contribution in [1.29, 1.82) is 0 Å². The number of hydrogen-bond donors (Lipinski definition) is 4. The van der Waals surface area contributed by atoms with Crippen LogP contribution in [0.1, 0.15) is 5.56 Å². The molecule has 2 heterocycles. The van der Waals surface area contributed by atoms with Gasteiger partial charge in [0.2, 0.25) is 5.95 Å². The summed E-state index contributed by atoms with van der Waals surface area (Å²) in [5.74, 6) is 0.672. The standard InChI is InChI=1S/C16H18Cl2N8O/c1-20-15(19)21-4-5-26-13-12(8-23-26)24-16(25-14(13)27)22-7-9-2-3-10(17)11(18)6-9/h2-3,6,8H,4-5,7H2,1H3,(H3,19,20,21)(H2,22,24,25,27). The molecule has 142 valence electrons. The first kappa shape index (κ1) is 19.0. The third kappa shape index (κ3) is 4.50. The van der Waals surface area contributed by atoms with E-state index < -0.39 is 0 Å². The van der Waals surface area contributed by atoms with Crippen LogP contribution in [0.2, 0.25) is 10.0 Å². The molecule has 0 amide bonds. The third-order valence-corrected chi connectivity index (χ3v) is 4.55. The van der Waals surface area contributed by atoms with Crippen LogP contribution in [-0.4, -0.2) is 39.3 Å². The van der Waals surface area contributed by atoms with Gasteiger partial charge in [0.1, 0.15) is 5.52 Å². The molecule has 0 aliphatic rings. The summed E-state index contributed by atoms with van der Waals surface area (Å²) < 4.78 is 1.57. The molecule has 3 aromatic rings. The summed E-state index contributed by atoms with van der Waals surface area (Å²) >= 11 is 11.9. The number of nitrogens with zero attached hydrogens (tertiary/aromatic N) is 4. The van der Waals surface area contributed by atoms with Crippen molar-refractivity contribution in [3.05, 3.63) is 50.4 Å². The molecule has 0 fully saturated rings. The normalized spacial score (nSPS) is 11.7. The van der Waals surface area contributed by atoms with Crippen molar-refractivity contribution in [3.8, 4) is 0 Å². The van der Waals surface area contributed by atoms with E-state index in [1.807, 2.05) is 6.07 Å². The minimum Gasteiger partial charge on any atom is -0.370 e. The predicted octanol–water partition coefficient (Wildman–Crippen LogP) is 1.57. The van der Waals surface area contributed by atoms with Gasteiger partial charge in [0.25, 0.3) is 5.56 Å². The van der Waals surface area contributed by atoms with Crippen LogP contribution in [0.15, 0.2) is 34.2 Å². The van der Waals surface area contributed by atoms with E-state index in [1.54, 1.807) is 30.1 Å². The maximum absolute atomic E-state index is 12.4. The van der Waals surface area contributed by atoms with Crippen molar-refractivity contribution in [2.45, 2.75) is 13.1 Å². The van der Waals surface area contributed by atoms with Crippen molar-refractivity contribution in [2.24, 2.45) is 10.7 Å². The SMILES string of the molecule is CN=C(N)NCCn1ncc2nc(NCc3ccc(Cl)c(Cl)c3)[nH]c(=O)c21. The summed E-state index contributed by atoms with van der Waals surface area (Å²) in [5, 5.41) is 11.2. The molecule has 0 atom stereocenters. The molecule has 1 aromatic carbocycles. The van der Waals surface area contributed by atoms with Gasteiger partial charge in [-0.15, -0.1) is 0 Å². The molecular formula is C16H18Cl2N8O. The third-order valence-electron chi connectivity index (χ3n) is 3.81. The molecule has 0 saturated carbocycles. The average molecular weight is 409 g/mol. The monoisotopic (exact) mass is 408 g/mol. The maximum atomic E-state index is 12.4. The average Bonchev–Trinajstić information content (AvgIpc) is 3.06. The smallest absolute Gasteiger partial charge is 0.278 e. The number of benzene rings is 1. The molecule has 0 bridgehead atoms. The molecule has 0 aliphatic carbocycles. The summed E-state index contributed by atoms with van der Waals surface area (Å²) in [6, 6.07) is 5.31. The Morgan fingerprint density at radius 2 is 2.19 bits per heavy atom. The molecule has 3 rings (SSSR count). The van der Waals surface area contributed by atoms with Crippen LogP contribution >= 0.6 is 23.2 Å². The predicted molar refractivity (Wildman–Crippen MR) is 107 cm³/mol. The fraction of sp³-hybridized carbons (Fsp3) is 0.250. The zero-order chi connectivity index (χ0) is 19.4. The summed E-state index contributed by atoms with van der Waals surface area (Å²) in [6.45, 7) is 1.36. The van der Waals surface area contributed by atoms with Crippen LogP contribution in [-0.2, 0) is 13.1 Å². The Hall–Kier alpha value is -2.78. The van der Waals surface area contributed by atoms with Gasteiger partial charge in [-0.1, -0.05) is 29.3 Å². The first-order chi connectivity index (χ1) is 13.0. The van der Waals surface area contributed by atoms with Crippen molar-refractivity contribution in [1.82, 2.24) is 25.1 Å². The van der Waals surface area contributed by atoms with Crippen molar-refractivity contribution in [2.75, 3.05) is 18.9 Å². The van der Waals surface area contributed by atoms with Crippen LogP contribution in [0.25, 0.3) is 11.0 Å². The molecule has 0 radical (unpaired) electrons. The second kappa shape index (κ2) is 8.28. The minimum absolute atomic E-state index is 0.286. The Balaban J connectivity index is 1.73. The van der Waals surface area contributed by atoms with Crippen molar-refractivity contribution in [3.63, 3.8) is 0 Å². The highest BCUT2D eigenvalue weighted by Crippen LogP contribution is 2.22. The Labute approximate surface area is 164 Å². The topological polar surface area (TPSA) is 126 Å². The van der Waals surface area contributed by atoms with E-state index in [9.17, 15) is 4.79 Å². The molecule has 27 heavy (non-hydrogen) atoms. The first-order valence-corrected chi connectivity index (χ1v) is 8.83. The van der Waals surface area contributed by atoms with Crippen LogP contribution in [0.4, 0.5) is 5.95 Å². The van der Waals surface area contributed by atoms with Gasteiger partial charge in [0, 0.05) is 20.1 Å². The van der Waals surface area contributed by atoms with Gasteiger partial charge in [0.15, 0.2) is 11.5 Å². The number of anilines is 1. The Bertz CT molecular complexity index is 1040. The first-order valence-electron chi connectivity index (χ1n) is 8.07. The Kier molecular flexibility index (Phi) is 5.82. The van der Waals surface area contributed by atoms with Gasteiger partial charge in [-0.25, -0.2) is 4.98 Å². The number of nitrogens with one attached hydrogen (secondary N) is 3. The van der Waals surface area contributed by atoms with E-state index >= 15 is 0 Å². The van der Waals surface area contributed by atoms with Crippen molar-refractivity contribution < 1.29 is 0 Å². The van der Waals surface area contributed by atoms with Gasteiger partial charge in [0.05, 0.1) is 22.8 Å². The molecule has 2 aromatic heterocycles. The minimum atomic E-state index is -0.286. The van der Waals surface area contributed by atoms with E-state index in [2.05, 4.69) is 30.7 Å². The lowest BCUT2D eigenvalue weighted by molar-refractivity contribution is 0.618. The van der Waals surface area contributed by atoms with Gasteiger partial charge in [-0.2, -0.15) is 5.10 Å². The largest absolute Gasteiger partial charge is 0.370 e. The molecule has 9 nitrogen and oxygen atoms in total. The summed E-state index contributed by atoms with van der Waals surface area (Å²) in [4.78, 5) is 23.4. The molecular weight excluding hydrogens is 391 g/mol. The van der Waals surface area contributed by atoms with E-state index in [1.165, 1.54) is 0 Å². The molecule has 0 saturated heterocycles. The van der Waals surface area contributed by atoms with Crippen LogP contribution in [0.5, 0.6) is 0 Å². The van der Waals surface area contributed by atoms with E-state index in [4.69, 9.17) is 28.9 Å². The number of aromatic nitrogens is 4. The van der Waals surface area contributed by atoms with E-state index in [-0.39, 0.29) is 5.56 Å². The van der Waals surface area contributed by atoms with E-state index in [0.29, 0.717) is 52.6 Å². The van der Waals surface area contributed by atoms with Crippen molar-refractivity contribution >= 4 is 46.1 Å². The summed E-state index contributed by atoms with van der Waals surface area (Å²) in [7, 11) is 1.59. The second-order valence-corrected chi connectivity index (χ2v) is 6.47. The van der Waals surface area contributed by atoms with Crippen LogP contribution < -0.4 is 21.9 Å². The number of rotatable bonds is 6. The molecule has 11 heteroatoms.